The average Bonchev–Trinajstić information content (AvgIpc) is 1.69. The quantitative estimate of drug-likeness (QED) is 0.514. The first-order valence-corrected chi connectivity index (χ1v) is 3.18. The van der Waals surface area contributed by atoms with Gasteiger partial charge in [-0.25, -0.2) is 0 Å². The second-order valence-electron chi connectivity index (χ2n) is 1.76. The fraction of sp³-hybridized carbons (Fsp3) is 0.857. The molecule has 0 saturated carbocycles. The maximum atomic E-state index is 9.81. The molecule has 0 spiro atoms. The molecule has 50 valence electrons. The number of hydrogen-bond acceptors (Lipinski definition) is 1. The van der Waals surface area contributed by atoms with E-state index in [2.05, 4.69) is 13.8 Å². The van der Waals surface area contributed by atoms with Gasteiger partial charge in [-0.3, -0.25) is 0 Å². The van der Waals surface area contributed by atoms with E-state index in [1.54, 1.807) is 6.92 Å². The molecular weight excluding hydrogens is 100 g/mol. The smallest absolute Gasteiger partial charge is 0.129 e. The van der Waals surface area contributed by atoms with Gasteiger partial charge in [0.2, 0.25) is 0 Å². The van der Waals surface area contributed by atoms with Crippen LogP contribution in [0.4, 0.5) is 0 Å². The van der Waals surface area contributed by atoms with Crippen LogP contribution in [0, 0.1) is 0 Å². The number of Topliss-reactive ketones (excluding diaryl/α,β-unsaturated/α-hetero) is 1. The van der Waals surface area contributed by atoms with Crippen LogP contribution < -0.4 is 0 Å². The minimum Gasteiger partial charge on any atom is -0.300 e. The zero-order chi connectivity index (χ0) is 6.99. The molecule has 0 atom stereocenters. The molecule has 1 nitrogen and oxygen atoms in total. The molecule has 0 amide bonds. The van der Waals surface area contributed by atoms with Crippen molar-refractivity contribution >= 4 is 5.78 Å². The Morgan fingerprint density at radius 3 is 1.38 bits per heavy atom. The van der Waals surface area contributed by atoms with Crippen LogP contribution in [-0.2, 0) is 4.79 Å². The largest absolute Gasteiger partial charge is 0.300 e. The van der Waals surface area contributed by atoms with Crippen molar-refractivity contribution in [1.29, 1.82) is 0 Å². The lowest BCUT2D eigenvalue weighted by Crippen LogP contribution is -1.80. The molecule has 0 unspecified atom stereocenters. The highest BCUT2D eigenvalue weighted by molar-refractivity contribution is 5.74. The van der Waals surface area contributed by atoms with Gasteiger partial charge in [-0.1, -0.05) is 27.2 Å². The van der Waals surface area contributed by atoms with Gasteiger partial charge in [0.15, 0.2) is 0 Å². The molecule has 0 aromatic heterocycles. The second kappa shape index (κ2) is 9.83. The lowest BCUT2D eigenvalue weighted by Gasteiger charge is -1.71. The third kappa shape index (κ3) is 44.3. The maximum absolute atomic E-state index is 9.81. The summed E-state index contributed by atoms with van der Waals surface area (Å²) in [6.07, 6.45) is 1.92. The Hall–Kier alpha value is -0.330. The van der Waals surface area contributed by atoms with Crippen molar-refractivity contribution in [3.63, 3.8) is 0 Å². The normalized spacial score (nSPS) is 7.00. The standard InChI is InChI=1S/C4H8O.C3H8/c1-3-4(2)5;1-3-2/h3H2,1-2H3;3H2,1-2H3. The van der Waals surface area contributed by atoms with E-state index in [1.807, 2.05) is 6.92 Å². The topological polar surface area (TPSA) is 17.1 Å². The Kier molecular flexibility index (Phi) is 13.0. The third-order valence-corrected chi connectivity index (χ3v) is 0.498. The van der Waals surface area contributed by atoms with Gasteiger partial charge in [0.1, 0.15) is 5.78 Å². The first-order valence-electron chi connectivity index (χ1n) is 3.18. The average molecular weight is 116 g/mol. The Morgan fingerprint density at radius 1 is 1.25 bits per heavy atom. The summed E-state index contributed by atoms with van der Waals surface area (Å²) < 4.78 is 0. The molecule has 0 aliphatic carbocycles. The summed E-state index contributed by atoms with van der Waals surface area (Å²) in [5, 5.41) is 0. The van der Waals surface area contributed by atoms with Gasteiger partial charge in [0.05, 0.1) is 0 Å². The SMILES string of the molecule is CCC.CCC(C)=O. The van der Waals surface area contributed by atoms with Crippen molar-refractivity contribution in [2.24, 2.45) is 0 Å². The summed E-state index contributed by atoms with van der Waals surface area (Å²) >= 11 is 0. The molecule has 0 aliphatic rings. The lowest BCUT2D eigenvalue weighted by molar-refractivity contribution is -0.116. The van der Waals surface area contributed by atoms with Crippen molar-refractivity contribution < 1.29 is 4.79 Å². The van der Waals surface area contributed by atoms with Gasteiger partial charge in [0, 0.05) is 6.42 Å². The van der Waals surface area contributed by atoms with Crippen LogP contribution in [0.3, 0.4) is 0 Å². The first kappa shape index (κ1) is 10.6. The lowest BCUT2D eigenvalue weighted by atomic mass is 10.4. The Labute approximate surface area is 52.1 Å². The van der Waals surface area contributed by atoms with E-state index in [4.69, 9.17) is 0 Å². The number of ketones is 1. The van der Waals surface area contributed by atoms with Crippen molar-refractivity contribution in [3.8, 4) is 0 Å². The second-order valence-corrected chi connectivity index (χ2v) is 1.76. The number of carbonyl (C=O) groups excluding carboxylic acids is 1. The number of carbonyl (C=O) groups is 1. The zero-order valence-corrected chi connectivity index (χ0v) is 6.32. The third-order valence-electron chi connectivity index (χ3n) is 0.498. The highest BCUT2D eigenvalue weighted by atomic mass is 16.1. The van der Waals surface area contributed by atoms with Gasteiger partial charge >= 0.3 is 0 Å². The molecule has 1 heteroatoms. The van der Waals surface area contributed by atoms with Crippen LogP contribution >= 0.6 is 0 Å². The van der Waals surface area contributed by atoms with E-state index < -0.39 is 0 Å². The molecule has 0 aromatic carbocycles. The van der Waals surface area contributed by atoms with Crippen LogP contribution in [0.25, 0.3) is 0 Å². The fourth-order valence-corrected chi connectivity index (χ4v) is 0. The molecule has 0 aliphatic heterocycles. The van der Waals surface area contributed by atoms with Crippen molar-refractivity contribution in [2.75, 3.05) is 0 Å². The van der Waals surface area contributed by atoms with Crippen LogP contribution in [0.15, 0.2) is 0 Å². The Bertz CT molecular complexity index is 48.3. The minimum absolute atomic E-state index is 0.255. The summed E-state index contributed by atoms with van der Waals surface area (Å²) in [7, 11) is 0. The summed E-state index contributed by atoms with van der Waals surface area (Å²) in [6.45, 7) is 7.68. The monoisotopic (exact) mass is 116 g/mol. The molecular formula is C7H16O. The Morgan fingerprint density at radius 2 is 1.38 bits per heavy atom. The molecule has 8 heavy (non-hydrogen) atoms. The van der Waals surface area contributed by atoms with Crippen LogP contribution in [-0.4, -0.2) is 5.78 Å². The summed E-state index contributed by atoms with van der Waals surface area (Å²) in [6, 6.07) is 0. The van der Waals surface area contributed by atoms with Crippen LogP contribution in [0.1, 0.15) is 40.5 Å². The number of hydrogen-bond donors (Lipinski definition) is 0. The molecule has 0 radical (unpaired) electrons. The summed E-state index contributed by atoms with van der Waals surface area (Å²) in [5.41, 5.74) is 0. The highest BCUT2D eigenvalue weighted by Gasteiger charge is 1.76. The first-order chi connectivity index (χ1) is 3.68. The molecule has 0 aromatic rings. The number of rotatable bonds is 1. The van der Waals surface area contributed by atoms with Crippen molar-refractivity contribution in [2.45, 2.75) is 40.5 Å². The predicted molar refractivity (Wildman–Crippen MR) is 36.9 cm³/mol. The molecule has 0 bridgehead atoms. The van der Waals surface area contributed by atoms with Crippen molar-refractivity contribution in [3.05, 3.63) is 0 Å². The van der Waals surface area contributed by atoms with E-state index in [9.17, 15) is 4.79 Å². The van der Waals surface area contributed by atoms with E-state index in [1.165, 1.54) is 6.42 Å². The predicted octanol–water partition coefficient (Wildman–Crippen LogP) is 2.40. The van der Waals surface area contributed by atoms with Crippen LogP contribution in [0.5, 0.6) is 0 Å². The zero-order valence-electron chi connectivity index (χ0n) is 6.32. The molecule has 0 saturated heterocycles. The summed E-state index contributed by atoms with van der Waals surface area (Å²) in [4.78, 5) is 9.81. The van der Waals surface area contributed by atoms with Crippen molar-refractivity contribution in [1.82, 2.24) is 0 Å². The van der Waals surface area contributed by atoms with E-state index >= 15 is 0 Å². The van der Waals surface area contributed by atoms with Gasteiger partial charge in [0.25, 0.3) is 0 Å². The molecule has 0 N–H and O–H groups in total. The van der Waals surface area contributed by atoms with Gasteiger partial charge in [-0.15, -0.1) is 0 Å². The highest BCUT2D eigenvalue weighted by Crippen LogP contribution is 1.71. The molecule has 0 rings (SSSR count). The maximum Gasteiger partial charge on any atom is 0.129 e. The molecule has 0 heterocycles. The van der Waals surface area contributed by atoms with E-state index in [0.717, 1.165) is 0 Å². The molecule has 0 fully saturated rings. The van der Waals surface area contributed by atoms with Gasteiger partial charge in [-0.05, 0) is 6.92 Å². The fourth-order valence-electron chi connectivity index (χ4n) is 0. The Balaban J connectivity index is 0. The van der Waals surface area contributed by atoms with E-state index in [-0.39, 0.29) is 5.78 Å². The van der Waals surface area contributed by atoms with Crippen LogP contribution in [0.2, 0.25) is 0 Å². The van der Waals surface area contributed by atoms with Gasteiger partial charge in [-0.2, -0.15) is 0 Å². The van der Waals surface area contributed by atoms with E-state index in [0.29, 0.717) is 6.42 Å². The minimum atomic E-state index is 0.255. The summed E-state index contributed by atoms with van der Waals surface area (Å²) in [5.74, 6) is 0.255. The van der Waals surface area contributed by atoms with Gasteiger partial charge < -0.3 is 4.79 Å².